The molecule has 148 valence electrons. The third kappa shape index (κ3) is 4.64. The molecule has 28 heavy (non-hydrogen) atoms. The predicted molar refractivity (Wildman–Crippen MR) is 108 cm³/mol. The van der Waals surface area contributed by atoms with Crippen LogP contribution in [0.4, 0.5) is 22.7 Å². The Hall–Kier alpha value is -3.42. The Kier molecular flexibility index (Phi) is 6.70. The lowest BCUT2D eigenvalue weighted by Gasteiger charge is -2.16. The lowest BCUT2D eigenvalue weighted by molar-refractivity contribution is 0.0592. The van der Waals surface area contributed by atoms with Crippen molar-refractivity contribution in [2.45, 2.75) is 0 Å². The van der Waals surface area contributed by atoms with E-state index in [1.165, 1.54) is 14.2 Å². The van der Waals surface area contributed by atoms with Crippen molar-refractivity contribution in [1.29, 1.82) is 0 Å². The largest absolute Gasteiger partial charge is 0.465 e. The fourth-order valence-electron chi connectivity index (χ4n) is 2.61. The Balaban J connectivity index is 2.40. The zero-order valence-corrected chi connectivity index (χ0v) is 16.9. The van der Waals surface area contributed by atoms with Crippen LogP contribution in [0.2, 0.25) is 0 Å². The van der Waals surface area contributed by atoms with E-state index in [1.54, 1.807) is 36.4 Å². The average Bonchev–Trinajstić information content (AvgIpc) is 2.70. The summed E-state index contributed by atoms with van der Waals surface area (Å²) in [5.74, 6) is -0.909. The fraction of sp³-hybridized carbons (Fsp3) is 0.300. The van der Waals surface area contributed by atoms with E-state index in [1.807, 2.05) is 38.0 Å². The summed E-state index contributed by atoms with van der Waals surface area (Å²) in [6.07, 6.45) is 0. The van der Waals surface area contributed by atoms with Crippen LogP contribution >= 0.6 is 0 Å². The van der Waals surface area contributed by atoms with E-state index >= 15 is 0 Å². The van der Waals surface area contributed by atoms with Crippen molar-refractivity contribution in [2.75, 3.05) is 52.2 Å². The minimum absolute atomic E-state index is 0.391. The van der Waals surface area contributed by atoms with Crippen molar-refractivity contribution >= 4 is 34.7 Å². The molecule has 2 aromatic carbocycles. The van der Waals surface area contributed by atoms with Gasteiger partial charge >= 0.3 is 11.9 Å². The molecule has 2 rings (SSSR count). The molecular weight excluding hydrogens is 360 g/mol. The summed E-state index contributed by atoms with van der Waals surface area (Å²) >= 11 is 0. The third-order valence-electron chi connectivity index (χ3n) is 4.02. The van der Waals surface area contributed by atoms with Gasteiger partial charge in [0.1, 0.15) is 0 Å². The van der Waals surface area contributed by atoms with Crippen LogP contribution < -0.4 is 9.80 Å². The minimum atomic E-state index is -0.455. The van der Waals surface area contributed by atoms with Crippen molar-refractivity contribution in [2.24, 2.45) is 10.2 Å². The second kappa shape index (κ2) is 8.98. The number of methoxy groups -OCH3 is 2. The first-order valence-corrected chi connectivity index (χ1v) is 8.49. The summed E-state index contributed by atoms with van der Waals surface area (Å²) < 4.78 is 9.68. The summed E-state index contributed by atoms with van der Waals surface area (Å²) in [5, 5.41) is 8.38. The van der Waals surface area contributed by atoms with Crippen molar-refractivity contribution < 1.29 is 19.1 Å². The zero-order chi connectivity index (χ0) is 20.8. The lowest BCUT2D eigenvalue weighted by Crippen LogP contribution is -2.14. The Morgan fingerprint density at radius 1 is 0.714 bits per heavy atom. The Morgan fingerprint density at radius 2 is 1.07 bits per heavy atom. The maximum absolute atomic E-state index is 12.0. The maximum atomic E-state index is 12.0. The van der Waals surface area contributed by atoms with E-state index in [0.29, 0.717) is 33.9 Å². The van der Waals surface area contributed by atoms with E-state index in [0.717, 1.165) is 0 Å². The molecule has 0 fully saturated rings. The number of benzene rings is 2. The molecule has 0 N–H and O–H groups in total. The molecule has 8 heteroatoms. The van der Waals surface area contributed by atoms with E-state index in [-0.39, 0.29) is 0 Å². The van der Waals surface area contributed by atoms with Crippen LogP contribution in [-0.4, -0.2) is 54.3 Å². The molecule has 0 aliphatic rings. The molecular formula is C20H24N4O4. The standard InChI is InChI=1S/C20H24N4O4/c1-23(2)17-9-7-13(11-15(17)19(25)27-5)21-22-14-8-10-18(24(3)4)16(12-14)20(26)28-6/h7-12H,1-6H3. The van der Waals surface area contributed by atoms with Gasteiger partial charge in [-0.2, -0.15) is 10.2 Å². The van der Waals surface area contributed by atoms with Gasteiger partial charge in [0.15, 0.2) is 0 Å². The number of esters is 2. The SMILES string of the molecule is COC(=O)c1cc(N=Nc2ccc(N(C)C)c(C(=O)OC)c2)ccc1N(C)C. The van der Waals surface area contributed by atoms with Crippen molar-refractivity contribution in [1.82, 2.24) is 0 Å². The molecule has 0 saturated carbocycles. The molecule has 0 heterocycles. The highest BCUT2D eigenvalue weighted by atomic mass is 16.5. The number of azo groups is 1. The van der Waals surface area contributed by atoms with Crippen LogP contribution in [0, 0.1) is 0 Å². The van der Waals surface area contributed by atoms with Crippen LogP contribution in [0.1, 0.15) is 20.7 Å². The molecule has 0 aromatic heterocycles. The van der Waals surface area contributed by atoms with Gasteiger partial charge in [0, 0.05) is 28.2 Å². The highest BCUT2D eigenvalue weighted by molar-refractivity contribution is 5.97. The predicted octanol–water partition coefficient (Wildman–Crippen LogP) is 3.81. The van der Waals surface area contributed by atoms with Crippen molar-refractivity contribution in [3.8, 4) is 0 Å². The van der Waals surface area contributed by atoms with Gasteiger partial charge in [-0.3, -0.25) is 0 Å². The van der Waals surface area contributed by atoms with E-state index in [4.69, 9.17) is 9.47 Å². The number of hydrogen-bond acceptors (Lipinski definition) is 8. The van der Waals surface area contributed by atoms with Crippen molar-refractivity contribution in [3.05, 3.63) is 47.5 Å². The average molecular weight is 384 g/mol. The van der Waals surface area contributed by atoms with Crippen LogP contribution in [0.15, 0.2) is 46.6 Å². The number of rotatable bonds is 6. The van der Waals surface area contributed by atoms with Gasteiger partial charge in [0.2, 0.25) is 0 Å². The number of ether oxygens (including phenoxy) is 2. The van der Waals surface area contributed by atoms with Gasteiger partial charge < -0.3 is 19.3 Å². The second-order valence-electron chi connectivity index (χ2n) is 6.37. The van der Waals surface area contributed by atoms with Gasteiger partial charge in [0.25, 0.3) is 0 Å². The van der Waals surface area contributed by atoms with Crippen LogP contribution in [0.5, 0.6) is 0 Å². The molecule has 0 radical (unpaired) electrons. The van der Waals surface area contributed by atoms with E-state index in [2.05, 4.69) is 10.2 Å². The van der Waals surface area contributed by atoms with Crippen molar-refractivity contribution in [3.63, 3.8) is 0 Å². The van der Waals surface area contributed by atoms with Gasteiger partial charge in [0.05, 0.1) is 48.1 Å². The van der Waals surface area contributed by atoms with E-state index < -0.39 is 11.9 Å². The van der Waals surface area contributed by atoms with E-state index in [9.17, 15) is 9.59 Å². The molecule has 0 aliphatic carbocycles. The Morgan fingerprint density at radius 3 is 1.36 bits per heavy atom. The van der Waals surface area contributed by atoms with Gasteiger partial charge in [-0.1, -0.05) is 0 Å². The molecule has 0 atom stereocenters. The fourth-order valence-corrected chi connectivity index (χ4v) is 2.61. The first-order chi connectivity index (χ1) is 13.3. The zero-order valence-electron chi connectivity index (χ0n) is 16.9. The molecule has 0 bridgehead atoms. The molecule has 2 aromatic rings. The normalized spacial score (nSPS) is 10.6. The molecule has 0 saturated heterocycles. The minimum Gasteiger partial charge on any atom is -0.465 e. The van der Waals surface area contributed by atoms with Crippen LogP contribution in [0.3, 0.4) is 0 Å². The monoisotopic (exact) mass is 384 g/mol. The summed E-state index contributed by atoms with van der Waals surface area (Å²) in [6, 6.07) is 10.3. The van der Waals surface area contributed by atoms with Gasteiger partial charge in [-0.25, -0.2) is 9.59 Å². The molecule has 0 spiro atoms. The number of carbonyl (C=O) groups is 2. The molecule has 0 unspecified atom stereocenters. The number of hydrogen-bond donors (Lipinski definition) is 0. The highest BCUT2D eigenvalue weighted by Crippen LogP contribution is 2.29. The third-order valence-corrected chi connectivity index (χ3v) is 4.02. The molecule has 0 aliphatic heterocycles. The van der Waals surface area contributed by atoms with Gasteiger partial charge in [-0.15, -0.1) is 0 Å². The van der Waals surface area contributed by atoms with Crippen LogP contribution in [-0.2, 0) is 9.47 Å². The number of anilines is 2. The lowest BCUT2D eigenvalue weighted by atomic mass is 10.1. The Bertz CT molecular complexity index is 834. The smallest absolute Gasteiger partial charge is 0.340 e. The summed E-state index contributed by atoms with van der Waals surface area (Å²) in [7, 11) is 10.0. The molecule has 8 nitrogen and oxygen atoms in total. The summed E-state index contributed by atoms with van der Waals surface area (Å²) in [5.41, 5.74) is 3.19. The summed E-state index contributed by atoms with van der Waals surface area (Å²) in [4.78, 5) is 27.7. The Labute approximate surface area is 164 Å². The first-order valence-electron chi connectivity index (χ1n) is 8.49. The first kappa shape index (κ1) is 20.9. The molecule has 0 amide bonds. The number of nitrogens with zero attached hydrogens (tertiary/aromatic N) is 4. The second-order valence-corrected chi connectivity index (χ2v) is 6.37. The number of carbonyl (C=O) groups excluding carboxylic acids is 2. The topological polar surface area (TPSA) is 83.8 Å². The quantitative estimate of drug-likeness (QED) is 0.556. The highest BCUT2D eigenvalue weighted by Gasteiger charge is 2.15. The summed E-state index contributed by atoms with van der Waals surface area (Å²) in [6.45, 7) is 0. The van der Waals surface area contributed by atoms with Crippen LogP contribution in [0.25, 0.3) is 0 Å². The van der Waals surface area contributed by atoms with Gasteiger partial charge in [-0.05, 0) is 36.4 Å². The maximum Gasteiger partial charge on any atom is 0.340 e.